The number of amides is 1. The van der Waals surface area contributed by atoms with E-state index in [1.54, 1.807) is 6.07 Å². The van der Waals surface area contributed by atoms with Gasteiger partial charge in [-0.25, -0.2) is 10.2 Å². The lowest BCUT2D eigenvalue weighted by Gasteiger charge is -2.04. The molecule has 0 bridgehead atoms. The van der Waals surface area contributed by atoms with Crippen LogP contribution in [0.25, 0.3) is 0 Å². The van der Waals surface area contributed by atoms with Gasteiger partial charge in [0.1, 0.15) is 5.71 Å². The van der Waals surface area contributed by atoms with Crippen LogP contribution in [0.2, 0.25) is 0 Å². The Balaban J connectivity index is 2.39. The van der Waals surface area contributed by atoms with E-state index in [9.17, 15) is 14.7 Å². The van der Waals surface area contributed by atoms with Crippen LogP contribution in [-0.4, -0.2) is 40.6 Å². The van der Waals surface area contributed by atoms with Crippen molar-refractivity contribution in [3.8, 4) is 0 Å². The summed E-state index contributed by atoms with van der Waals surface area (Å²) in [5, 5.41) is 25.2. The van der Waals surface area contributed by atoms with Gasteiger partial charge < -0.3 is 21.3 Å². The average Bonchev–Trinajstić information content (AvgIpc) is 2.71. The Morgan fingerprint density at radius 3 is 2.84 bits per heavy atom. The van der Waals surface area contributed by atoms with Crippen molar-refractivity contribution in [2.45, 2.75) is 6.23 Å². The van der Waals surface area contributed by atoms with Crippen LogP contribution in [0.4, 0.5) is 5.69 Å². The number of aliphatic hydroxyl groups is 1. The second kappa shape index (κ2) is 5.04. The summed E-state index contributed by atoms with van der Waals surface area (Å²) in [6.07, 6.45) is -1.19. The van der Waals surface area contributed by atoms with Crippen LogP contribution >= 0.6 is 0 Å². The number of carboxylic acid groups (broad SMARTS) is 1. The first-order valence-corrected chi connectivity index (χ1v) is 5.42. The molecule has 1 amide bonds. The molecule has 100 valence electrons. The molecule has 1 aliphatic heterocycles. The molecule has 0 fully saturated rings. The molecule has 1 heterocycles. The molecule has 1 aromatic rings. The minimum atomic E-state index is -1.19. The number of aromatic carboxylic acids is 1. The summed E-state index contributed by atoms with van der Waals surface area (Å²) in [6, 6.07) is 4.53. The van der Waals surface area contributed by atoms with Gasteiger partial charge in [-0.2, -0.15) is 5.10 Å². The Hall–Kier alpha value is -2.45. The molecule has 0 aliphatic carbocycles. The number of hydrazone groups is 1. The van der Waals surface area contributed by atoms with Crippen LogP contribution in [0.5, 0.6) is 0 Å². The number of rotatable bonds is 3. The van der Waals surface area contributed by atoms with Crippen molar-refractivity contribution >= 4 is 23.3 Å². The van der Waals surface area contributed by atoms with E-state index in [0.29, 0.717) is 5.56 Å². The highest BCUT2D eigenvalue weighted by Crippen LogP contribution is 2.29. The third-order valence-electron chi connectivity index (χ3n) is 2.60. The van der Waals surface area contributed by atoms with Gasteiger partial charge in [-0.3, -0.25) is 4.79 Å². The van der Waals surface area contributed by atoms with Crippen molar-refractivity contribution in [1.82, 2.24) is 5.43 Å². The molecule has 0 saturated heterocycles. The van der Waals surface area contributed by atoms with E-state index < -0.39 is 18.1 Å². The zero-order valence-corrected chi connectivity index (χ0v) is 9.75. The highest BCUT2D eigenvalue weighted by molar-refractivity contribution is 6.16. The number of carboxylic acids is 1. The summed E-state index contributed by atoms with van der Waals surface area (Å²) < 4.78 is 0. The average molecular weight is 264 g/mol. The van der Waals surface area contributed by atoms with Crippen molar-refractivity contribution in [2.24, 2.45) is 10.8 Å². The predicted octanol–water partition coefficient (Wildman–Crippen LogP) is -1.09. The molecule has 0 aromatic heterocycles. The van der Waals surface area contributed by atoms with E-state index in [1.807, 2.05) is 0 Å². The predicted molar refractivity (Wildman–Crippen MR) is 66.8 cm³/mol. The largest absolute Gasteiger partial charge is 0.478 e. The number of benzene rings is 1. The minimum absolute atomic E-state index is 0.0203. The zero-order chi connectivity index (χ0) is 14.0. The molecule has 1 unspecified atom stereocenters. The van der Waals surface area contributed by atoms with E-state index >= 15 is 0 Å². The molecule has 1 aromatic carbocycles. The monoisotopic (exact) mass is 264 g/mol. The smallest absolute Gasteiger partial charge is 0.337 e. The van der Waals surface area contributed by atoms with Crippen molar-refractivity contribution in [1.29, 1.82) is 0 Å². The first kappa shape index (κ1) is 13.0. The number of nitrogens with one attached hydrogen (secondary N) is 2. The number of anilines is 1. The Labute approximate surface area is 107 Å². The van der Waals surface area contributed by atoms with E-state index in [4.69, 9.17) is 10.8 Å². The third-order valence-corrected chi connectivity index (χ3v) is 2.60. The second-order valence-electron chi connectivity index (χ2n) is 3.82. The van der Waals surface area contributed by atoms with Crippen LogP contribution < -0.4 is 16.5 Å². The van der Waals surface area contributed by atoms with Gasteiger partial charge in [-0.15, -0.1) is 0 Å². The first-order valence-electron chi connectivity index (χ1n) is 5.42. The fraction of sp³-hybridized carbons (Fsp3) is 0.182. The van der Waals surface area contributed by atoms with E-state index in [-0.39, 0.29) is 23.5 Å². The van der Waals surface area contributed by atoms with Gasteiger partial charge in [0.15, 0.2) is 6.23 Å². The summed E-state index contributed by atoms with van der Waals surface area (Å²) >= 11 is 0. The number of aliphatic hydroxyl groups excluding tert-OH is 1. The van der Waals surface area contributed by atoms with Crippen molar-refractivity contribution in [3.63, 3.8) is 0 Å². The maximum absolute atomic E-state index is 11.0. The van der Waals surface area contributed by atoms with Gasteiger partial charge in [0, 0.05) is 5.56 Å². The third kappa shape index (κ3) is 2.39. The lowest BCUT2D eigenvalue weighted by atomic mass is 10.1. The summed E-state index contributed by atoms with van der Waals surface area (Å²) in [4.78, 5) is 22.1. The van der Waals surface area contributed by atoms with E-state index in [0.717, 1.165) is 0 Å². The molecule has 1 aliphatic rings. The first-order chi connectivity index (χ1) is 9.04. The highest BCUT2D eigenvalue weighted by atomic mass is 16.4. The van der Waals surface area contributed by atoms with Gasteiger partial charge in [0.05, 0.1) is 17.8 Å². The SMILES string of the molecule is NCC(=O)N/N=C1/c2cccc(C(=O)O)c2NC1O. The van der Waals surface area contributed by atoms with Crippen molar-refractivity contribution in [2.75, 3.05) is 11.9 Å². The van der Waals surface area contributed by atoms with Gasteiger partial charge in [0.25, 0.3) is 5.91 Å². The summed E-state index contributed by atoms with van der Waals surface area (Å²) in [6.45, 7) is -0.234. The minimum Gasteiger partial charge on any atom is -0.478 e. The number of fused-ring (bicyclic) bond motifs is 1. The molecule has 8 nitrogen and oxygen atoms in total. The maximum atomic E-state index is 11.0. The number of carbonyl (C=O) groups is 2. The molecule has 1 atom stereocenters. The van der Waals surface area contributed by atoms with Gasteiger partial charge in [-0.05, 0) is 6.07 Å². The Bertz CT molecular complexity index is 570. The molecule has 6 N–H and O–H groups in total. The van der Waals surface area contributed by atoms with Crippen LogP contribution in [0.3, 0.4) is 0 Å². The number of carbonyl (C=O) groups excluding carboxylic acids is 1. The lowest BCUT2D eigenvalue weighted by Crippen LogP contribution is -2.30. The fourth-order valence-electron chi connectivity index (χ4n) is 1.74. The van der Waals surface area contributed by atoms with Gasteiger partial charge in [0.2, 0.25) is 0 Å². The molecule has 19 heavy (non-hydrogen) atoms. The zero-order valence-electron chi connectivity index (χ0n) is 9.75. The Morgan fingerprint density at radius 1 is 1.47 bits per heavy atom. The number of nitrogens with two attached hydrogens (primary N) is 1. The molecule has 0 radical (unpaired) electrons. The van der Waals surface area contributed by atoms with Crippen LogP contribution in [0.1, 0.15) is 15.9 Å². The lowest BCUT2D eigenvalue weighted by molar-refractivity contribution is -0.119. The number of hydrogen-bond donors (Lipinski definition) is 5. The molecule has 0 spiro atoms. The van der Waals surface area contributed by atoms with Gasteiger partial charge in [-0.1, -0.05) is 12.1 Å². The Kier molecular flexibility index (Phi) is 3.45. The summed E-state index contributed by atoms with van der Waals surface area (Å²) in [5.74, 6) is -1.63. The van der Waals surface area contributed by atoms with Gasteiger partial charge >= 0.3 is 5.97 Å². The number of hydrogen-bond acceptors (Lipinski definition) is 6. The van der Waals surface area contributed by atoms with Crippen LogP contribution in [0.15, 0.2) is 23.3 Å². The number of para-hydroxylation sites is 1. The normalized spacial score (nSPS) is 18.8. The maximum Gasteiger partial charge on any atom is 0.337 e. The van der Waals surface area contributed by atoms with E-state index in [2.05, 4.69) is 15.8 Å². The Morgan fingerprint density at radius 2 is 2.21 bits per heavy atom. The number of nitrogens with zero attached hydrogens (tertiary/aromatic N) is 1. The highest BCUT2D eigenvalue weighted by Gasteiger charge is 2.30. The quantitative estimate of drug-likeness (QED) is 0.440. The molecular weight excluding hydrogens is 252 g/mol. The summed E-state index contributed by atoms with van der Waals surface area (Å²) in [7, 11) is 0. The summed E-state index contributed by atoms with van der Waals surface area (Å²) in [5.41, 5.74) is 8.13. The van der Waals surface area contributed by atoms with Crippen LogP contribution in [-0.2, 0) is 4.79 Å². The molecule has 2 rings (SSSR count). The standard InChI is InChI=1S/C11H12N4O4/c12-4-7(16)14-15-9-5-2-1-3-6(11(18)19)8(5)13-10(9)17/h1-3,10,13,17H,4,12H2,(H,14,16)(H,18,19)/b15-9-. The second-order valence-corrected chi connectivity index (χ2v) is 3.82. The van der Waals surface area contributed by atoms with Crippen molar-refractivity contribution in [3.05, 3.63) is 29.3 Å². The molecular formula is C11H12N4O4. The van der Waals surface area contributed by atoms with E-state index in [1.165, 1.54) is 12.1 Å². The van der Waals surface area contributed by atoms with Crippen LogP contribution in [0, 0.1) is 0 Å². The molecule has 8 heteroatoms. The molecule has 0 saturated carbocycles. The topological polar surface area (TPSA) is 137 Å². The fourth-order valence-corrected chi connectivity index (χ4v) is 1.74. The van der Waals surface area contributed by atoms with Crippen molar-refractivity contribution < 1.29 is 19.8 Å².